The largest absolute Gasteiger partial charge is 0.311 e. The fourth-order valence-corrected chi connectivity index (χ4v) is 4.72. The summed E-state index contributed by atoms with van der Waals surface area (Å²) in [5.74, 6) is 2.12. The molecule has 3 aliphatic carbocycles. The van der Waals surface area contributed by atoms with E-state index in [9.17, 15) is 0 Å². The average Bonchev–Trinajstić information content (AvgIpc) is 2.51. The second-order valence-corrected chi connectivity index (χ2v) is 6.75. The van der Waals surface area contributed by atoms with Gasteiger partial charge in [-0.15, -0.1) is 0 Å². The van der Waals surface area contributed by atoms with Crippen LogP contribution in [0.1, 0.15) is 90.9 Å². The molecule has 19 heavy (non-hydrogen) atoms. The molecule has 112 valence electrons. The van der Waals surface area contributed by atoms with Crippen molar-refractivity contribution in [3.05, 3.63) is 0 Å². The summed E-state index contributed by atoms with van der Waals surface area (Å²) in [6, 6.07) is 1.76. The summed E-state index contributed by atoms with van der Waals surface area (Å²) in [4.78, 5) is 0. The van der Waals surface area contributed by atoms with E-state index in [4.69, 9.17) is 0 Å². The monoisotopic (exact) mass is 265 g/mol. The Morgan fingerprint density at radius 1 is 0.632 bits per heavy atom. The highest BCUT2D eigenvalue weighted by molar-refractivity contribution is 4.91. The van der Waals surface area contributed by atoms with Gasteiger partial charge in [-0.3, -0.25) is 0 Å². The number of rotatable bonds is 2. The van der Waals surface area contributed by atoms with Crippen LogP contribution in [0.25, 0.3) is 0 Å². The molecule has 0 amide bonds. The van der Waals surface area contributed by atoms with Crippen LogP contribution in [0.3, 0.4) is 0 Å². The van der Waals surface area contributed by atoms with E-state index >= 15 is 0 Å². The van der Waals surface area contributed by atoms with Gasteiger partial charge in [0, 0.05) is 12.1 Å². The van der Waals surface area contributed by atoms with Crippen molar-refractivity contribution in [2.45, 2.75) is 103 Å². The summed E-state index contributed by atoms with van der Waals surface area (Å²) in [7, 11) is 0. The molecule has 3 unspecified atom stereocenters. The molecule has 1 heteroatoms. The maximum Gasteiger partial charge on any atom is 0.0101 e. The van der Waals surface area contributed by atoms with Gasteiger partial charge in [0.2, 0.25) is 0 Å². The molecule has 0 heterocycles. The van der Waals surface area contributed by atoms with Crippen LogP contribution in [0.4, 0.5) is 0 Å². The van der Waals surface area contributed by atoms with Gasteiger partial charge in [-0.05, 0) is 37.5 Å². The Morgan fingerprint density at radius 3 is 2.05 bits per heavy atom. The number of fused-ring (bicyclic) bond motifs is 1. The first-order valence-corrected chi connectivity index (χ1v) is 9.19. The molecule has 3 rings (SSSR count). The standard InChI is InChI=1S/C16H29N.C2H6/c1-2-9-14(10-3-1)17-16-12-6-8-13-7-4-5-11-15(13)16;1-2/h13-17H,1-12H2;1-2H3. The normalized spacial score (nSPS) is 36.0. The number of nitrogens with one attached hydrogen (secondary N) is 1. The molecule has 1 nitrogen and oxygen atoms in total. The van der Waals surface area contributed by atoms with E-state index in [1.54, 1.807) is 0 Å². The number of hydrogen-bond donors (Lipinski definition) is 1. The van der Waals surface area contributed by atoms with Crippen molar-refractivity contribution in [1.29, 1.82) is 0 Å². The van der Waals surface area contributed by atoms with Crippen LogP contribution in [0.15, 0.2) is 0 Å². The zero-order valence-electron chi connectivity index (χ0n) is 13.3. The average molecular weight is 265 g/mol. The fraction of sp³-hybridized carbons (Fsp3) is 1.00. The molecule has 0 bridgehead atoms. The molecule has 3 atom stereocenters. The van der Waals surface area contributed by atoms with E-state index < -0.39 is 0 Å². The highest BCUT2D eigenvalue weighted by Gasteiger charge is 2.35. The quantitative estimate of drug-likeness (QED) is 0.715. The van der Waals surface area contributed by atoms with Crippen molar-refractivity contribution < 1.29 is 0 Å². The van der Waals surface area contributed by atoms with E-state index in [1.165, 1.54) is 77.0 Å². The Balaban J connectivity index is 0.000000637. The second-order valence-electron chi connectivity index (χ2n) is 6.75. The van der Waals surface area contributed by atoms with Crippen molar-refractivity contribution in [2.24, 2.45) is 11.8 Å². The van der Waals surface area contributed by atoms with Gasteiger partial charge in [0.25, 0.3) is 0 Å². The minimum absolute atomic E-state index is 0.870. The van der Waals surface area contributed by atoms with Crippen molar-refractivity contribution in [3.8, 4) is 0 Å². The first-order chi connectivity index (χ1) is 9.43. The third kappa shape index (κ3) is 4.21. The molecule has 0 aromatic rings. The molecule has 0 aliphatic heterocycles. The van der Waals surface area contributed by atoms with E-state index in [0.717, 1.165) is 23.9 Å². The summed E-state index contributed by atoms with van der Waals surface area (Å²) in [5.41, 5.74) is 0. The summed E-state index contributed by atoms with van der Waals surface area (Å²) >= 11 is 0. The lowest BCUT2D eigenvalue weighted by Crippen LogP contribution is -2.48. The van der Waals surface area contributed by atoms with Crippen LogP contribution in [0.2, 0.25) is 0 Å². The third-order valence-electron chi connectivity index (χ3n) is 5.63. The van der Waals surface area contributed by atoms with Crippen molar-refractivity contribution in [1.82, 2.24) is 5.32 Å². The topological polar surface area (TPSA) is 12.0 Å². The SMILES string of the molecule is C1CCC(NC2CCCC3CCCCC32)CC1.CC. The Hall–Kier alpha value is -0.0400. The van der Waals surface area contributed by atoms with Crippen LogP contribution < -0.4 is 5.32 Å². The first kappa shape index (κ1) is 15.4. The highest BCUT2D eigenvalue weighted by atomic mass is 15.0. The molecule has 3 saturated carbocycles. The Kier molecular flexibility index (Phi) is 6.70. The van der Waals surface area contributed by atoms with Gasteiger partial charge >= 0.3 is 0 Å². The van der Waals surface area contributed by atoms with Crippen molar-refractivity contribution in [2.75, 3.05) is 0 Å². The third-order valence-corrected chi connectivity index (χ3v) is 5.63. The lowest BCUT2D eigenvalue weighted by molar-refractivity contribution is 0.113. The highest BCUT2D eigenvalue weighted by Crippen LogP contribution is 2.41. The van der Waals surface area contributed by atoms with Crippen LogP contribution in [-0.4, -0.2) is 12.1 Å². The molecule has 0 aromatic heterocycles. The van der Waals surface area contributed by atoms with Crippen LogP contribution in [0, 0.1) is 11.8 Å². The van der Waals surface area contributed by atoms with Crippen LogP contribution >= 0.6 is 0 Å². The Morgan fingerprint density at radius 2 is 1.26 bits per heavy atom. The van der Waals surface area contributed by atoms with E-state index in [0.29, 0.717) is 0 Å². The summed E-state index contributed by atoms with van der Waals surface area (Å²) < 4.78 is 0. The summed E-state index contributed by atoms with van der Waals surface area (Å²) in [6.45, 7) is 4.00. The minimum atomic E-state index is 0.870. The zero-order chi connectivity index (χ0) is 13.5. The summed E-state index contributed by atoms with van der Waals surface area (Å²) in [5, 5.41) is 4.06. The molecule has 0 spiro atoms. The Bertz CT molecular complexity index is 230. The maximum atomic E-state index is 4.06. The van der Waals surface area contributed by atoms with Gasteiger partial charge in [-0.25, -0.2) is 0 Å². The lowest BCUT2D eigenvalue weighted by Gasteiger charge is -2.43. The predicted octanol–water partition coefficient (Wildman–Crippen LogP) is 5.29. The fourth-order valence-electron chi connectivity index (χ4n) is 4.72. The van der Waals surface area contributed by atoms with Gasteiger partial charge < -0.3 is 5.32 Å². The lowest BCUT2D eigenvalue weighted by atomic mass is 9.68. The smallest absolute Gasteiger partial charge is 0.0101 e. The first-order valence-electron chi connectivity index (χ1n) is 9.19. The van der Waals surface area contributed by atoms with E-state index in [1.807, 2.05) is 13.8 Å². The predicted molar refractivity (Wildman–Crippen MR) is 84.4 cm³/mol. The minimum Gasteiger partial charge on any atom is -0.311 e. The molecular formula is C18H35N. The number of hydrogen-bond acceptors (Lipinski definition) is 1. The summed E-state index contributed by atoms with van der Waals surface area (Å²) in [6.07, 6.45) is 17.9. The molecule has 0 saturated heterocycles. The van der Waals surface area contributed by atoms with E-state index in [2.05, 4.69) is 5.32 Å². The molecule has 1 N–H and O–H groups in total. The zero-order valence-corrected chi connectivity index (χ0v) is 13.3. The van der Waals surface area contributed by atoms with Crippen molar-refractivity contribution in [3.63, 3.8) is 0 Å². The van der Waals surface area contributed by atoms with Gasteiger partial charge in [0.1, 0.15) is 0 Å². The van der Waals surface area contributed by atoms with E-state index in [-0.39, 0.29) is 0 Å². The van der Waals surface area contributed by atoms with Crippen LogP contribution in [-0.2, 0) is 0 Å². The molecular weight excluding hydrogens is 230 g/mol. The van der Waals surface area contributed by atoms with Gasteiger partial charge in [0.15, 0.2) is 0 Å². The van der Waals surface area contributed by atoms with Crippen LogP contribution in [0.5, 0.6) is 0 Å². The maximum absolute atomic E-state index is 4.06. The van der Waals surface area contributed by atoms with Gasteiger partial charge in [0.05, 0.1) is 0 Å². The second kappa shape index (κ2) is 8.29. The van der Waals surface area contributed by atoms with Gasteiger partial charge in [-0.2, -0.15) is 0 Å². The molecule has 3 fully saturated rings. The molecule has 3 aliphatic rings. The Labute approximate surface area is 120 Å². The molecule has 0 radical (unpaired) electrons. The molecule has 0 aromatic carbocycles. The van der Waals surface area contributed by atoms with Crippen molar-refractivity contribution >= 4 is 0 Å². The van der Waals surface area contributed by atoms with Gasteiger partial charge in [-0.1, -0.05) is 65.2 Å².